The summed E-state index contributed by atoms with van der Waals surface area (Å²) in [5.74, 6) is -0.562. The summed E-state index contributed by atoms with van der Waals surface area (Å²) in [6, 6.07) is 12.3. The van der Waals surface area contributed by atoms with Gasteiger partial charge in [0.1, 0.15) is 0 Å². The van der Waals surface area contributed by atoms with Crippen LogP contribution in [0.4, 0.5) is 18.9 Å². The first kappa shape index (κ1) is 30.3. The predicted molar refractivity (Wildman–Crippen MR) is 159 cm³/mol. The van der Waals surface area contributed by atoms with Crippen molar-refractivity contribution < 1.29 is 27.9 Å². The van der Waals surface area contributed by atoms with E-state index in [1.165, 1.54) is 36.3 Å². The van der Waals surface area contributed by atoms with Crippen LogP contribution in [0.2, 0.25) is 5.02 Å². The van der Waals surface area contributed by atoms with Gasteiger partial charge in [-0.05, 0) is 86.8 Å². The van der Waals surface area contributed by atoms with Crippen LogP contribution >= 0.6 is 11.6 Å². The Balaban J connectivity index is 1.02. The van der Waals surface area contributed by atoms with E-state index in [-0.39, 0.29) is 19.0 Å². The molecule has 43 heavy (non-hydrogen) atoms. The van der Waals surface area contributed by atoms with E-state index >= 15 is 0 Å². The summed E-state index contributed by atoms with van der Waals surface area (Å²) in [4.78, 5) is 31.7. The van der Waals surface area contributed by atoms with Crippen molar-refractivity contribution in [2.24, 2.45) is 17.3 Å². The zero-order valence-corrected chi connectivity index (χ0v) is 25.0. The number of hydrogen-bond acceptors (Lipinski definition) is 4. The number of anilines is 1. The Hall–Kier alpha value is -2.78. The van der Waals surface area contributed by atoms with Crippen molar-refractivity contribution in [3.05, 3.63) is 64.7 Å². The number of rotatable bonds is 5. The normalized spacial score (nSPS) is 22.9. The summed E-state index contributed by atoms with van der Waals surface area (Å²) in [5.41, 5.74) is -2.11. The average molecular weight is 618 g/mol. The number of likely N-dealkylation sites (tertiary alicyclic amines) is 2. The largest absolute Gasteiger partial charge is 0.430 e. The monoisotopic (exact) mass is 617 g/mol. The third-order valence-electron chi connectivity index (χ3n) is 10.4. The molecule has 1 N–H and O–H groups in total. The minimum absolute atomic E-state index is 0.0171. The molecule has 2 amide bonds. The standard InChI is InChI=1S/C33H39ClF3N3O3/c34-28-21-26(7-8-27(28)29(41)40-16-4-13-31(22-40)14-15-31)38-17-9-23(10-18-38)24-11-19-39(20-12-24)30(42)32(43,33(35,36)37)25-5-2-1-3-6-25/h1-3,5-8,21,23-24,43H,4,9-20,22H2. The minimum Gasteiger partial charge on any atom is -0.371 e. The lowest BCUT2D eigenvalue weighted by molar-refractivity contribution is -0.262. The fourth-order valence-electron chi connectivity index (χ4n) is 7.53. The molecule has 2 aromatic carbocycles. The van der Waals surface area contributed by atoms with E-state index in [9.17, 15) is 27.9 Å². The van der Waals surface area contributed by atoms with E-state index in [0.29, 0.717) is 40.7 Å². The third-order valence-corrected chi connectivity index (χ3v) is 10.7. The lowest BCUT2D eigenvalue weighted by Gasteiger charge is -2.42. The number of halogens is 4. The van der Waals surface area contributed by atoms with Crippen molar-refractivity contribution in [2.75, 3.05) is 44.2 Å². The maximum Gasteiger partial charge on any atom is 0.430 e. The SMILES string of the molecule is O=C(c1ccc(N2CCC(C3CCN(C(=O)C(O)(c4ccccc4)C(F)(F)F)CC3)CC2)cc1Cl)N1CCCC2(CC2)C1. The molecule has 1 aliphatic carbocycles. The second-order valence-corrected chi connectivity index (χ2v) is 13.4. The maximum absolute atomic E-state index is 14.0. The van der Waals surface area contributed by atoms with Crippen LogP contribution in [0.3, 0.4) is 0 Å². The summed E-state index contributed by atoms with van der Waals surface area (Å²) in [6.45, 7) is 3.65. The summed E-state index contributed by atoms with van der Waals surface area (Å²) in [7, 11) is 0. The second-order valence-electron chi connectivity index (χ2n) is 13.0. The molecule has 0 bridgehead atoms. The molecule has 232 valence electrons. The molecule has 0 radical (unpaired) electrons. The van der Waals surface area contributed by atoms with E-state index in [4.69, 9.17) is 11.6 Å². The number of piperidine rings is 3. The van der Waals surface area contributed by atoms with Gasteiger partial charge in [0.25, 0.3) is 17.4 Å². The van der Waals surface area contributed by atoms with Gasteiger partial charge in [0.2, 0.25) is 0 Å². The van der Waals surface area contributed by atoms with E-state index in [1.807, 2.05) is 23.1 Å². The Bertz CT molecular complexity index is 1340. The molecule has 6 nitrogen and oxygen atoms in total. The molecule has 3 heterocycles. The summed E-state index contributed by atoms with van der Waals surface area (Å²) >= 11 is 6.64. The van der Waals surface area contributed by atoms with Crippen molar-refractivity contribution in [1.29, 1.82) is 0 Å². The van der Waals surface area contributed by atoms with Crippen LogP contribution in [0.15, 0.2) is 48.5 Å². The van der Waals surface area contributed by atoms with E-state index in [1.54, 1.807) is 6.07 Å². The van der Waals surface area contributed by atoms with Gasteiger partial charge < -0.3 is 19.8 Å². The van der Waals surface area contributed by atoms with Crippen LogP contribution in [0.5, 0.6) is 0 Å². The van der Waals surface area contributed by atoms with Gasteiger partial charge in [-0.1, -0.05) is 41.9 Å². The topological polar surface area (TPSA) is 64.1 Å². The van der Waals surface area contributed by atoms with Crippen LogP contribution < -0.4 is 4.90 Å². The Labute approximate surface area is 255 Å². The molecule has 2 aromatic rings. The van der Waals surface area contributed by atoms with Crippen molar-refractivity contribution in [2.45, 2.75) is 63.1 Å². The first-order valence-electron chi connectivity index (χ1n) is 15.5. The summed E-state index contributed by atoms with van der Waals surface area (Å²) in [5, 5.41) is 11.2. The molecule has 1 unspecified atom stereocenters. The quantitative estimate of drug-likeness (QED) is 0.430. The summed E-state index contributed by atoms with van der Waals surface area (Å²) in [6.07, 6.45) is 2.66. The van der Waals surface area contributed by atoms with Gasteiger partial charge in [-0.25, -0.2) is 0 Å². The molecule has 6 rings (SSSR count). The molecular weight excluding hydrogens is 579 g/mol. The highest BCUT2D eigenvalue weighted by Gasteiger charge is 2.62. The van der Waals surface area contributed by atoms with Gasteiger partial charge >= 0.3 is 6.18 Å². The highest BCUT2D eigenvalue weighted by Crippen LogP contribution is 2.52. The van der Waals surface area contributed by atoms with Gasteiger partial charge in [0.15, 0.2) is 0 Å². The molecule has 1 spiro atoms. The molecule has 3 aliphatic heterocycles. The zero-order valence-electron chi connectivity index (χ0n) is 24.3. The number of alkyl halides is 3. The number of hydrogen-bond donors (Lipinski definition) is 1. The van der Waals surface area contributed by atoms with Crippen molar-refractivity contribution in [3.63, 3.8) is 0 Å². The average Bonchev–Trinajstić information content (AvgIpc) is 3.77. The lowest BCUT2D eigenvalue weighted by Crippen LogP contribution is -2.57. The van der Waals surface area contributed by atoms with Crippen LogP contribution in [0, 0.1) is 17.3 Å². The Morgan fingerprint density at radius 3 is 2.05 bits per heavy atom. The van der Waals surface area contributed by atoms with Crippen LogP contribution in [0.1, 0.15) is 67.3 Å². The second kappa shape index (κ2) is 11.6. The molecule has 10 heteroatoms. The van der Waals surface area contributed by atoms with Crippen molar-refractivity contribution >= 4 is 29.1 Å². The lowest BCUT2D eigenvalue weighted by atomic mass is 9.78. The zero-order chi connectivity index (χ0) is 30.4. The fourth-order valence-corrected chi connectivity index (χ4v) is 7.79. The highest BCUT2D eigenvalue weighted by atomic mass is 35.5. The minimum atomic E-state index is -5.13. The molecule has 1 atom stereocenters. The molecule has 4 fully saturated rings. The summed E-state index contributed by atoms with van der Waals surface area (Å²) < 4.78 is 42.0. The third kappa shape index (κ3) is 5.87. The Morgan fingerprint density at radius 2 is 1.47 bits per heavy atom. The van der Waals surface area contributed by atoms with Gasteiger partial charge in [-0.2, -0.15) is 13.2 Å². The highest BCUT2D eigenvalue weighted by molar-refractivity contribution is 6.34. The van der Waals surface area contributed by atoms with Crippen molar-refractivity contribution in [1.82, 2.24) is 9.80 Å². The number of carbonyl (C=O) groups is 2. The Kier molecular flexibility index (Phi) is 8.18. The molecule has 4 aliphatic rings. The van der Waals surface area contributed by atoms with E-state index in [2.05, 4.69) is 4.90 Å². The smallest absolute Gasteiger partial charge is 0.371 e. The van der Waals surface area contributed by atoms with Crippen LogP contribution in [0.25, 0.3) is 0 Å². The number of amides is 2. The molecule has 0 aromatic heterocycles. The van der Waals surface area contributed by atoms with Gasteiger partial charge in [-0.15, -0.1) is 0 Å². The first-order chi connectivity index (χ1) is 20.5. The number of carbonyl (C=O) groups excluding carboxylic acids is 2. The van der Waals surface area contributed by atoms with Crippen LogP contribution in [-0.4, -0.2) is 72.2 Å². The number of benzene rings is 2. The molecular formula is C33H39ClF3N3O3. The van der Waals surface area contributed by atoms with Gasteiger partial charge in [0.05, 0.1) is 10.6 Å². The van der Waals surface area contributed by atoms with Gasteiger partial charge in [0, 0.05) is 50.5 Å². The Morgan fingerprint density at radius 1 is 0.837 bits per heavy atom. The van der Waals surface area contributed by atoms with E-state index in [0.717, 1.165) is 63.3 Å². The maximum atomic E-state index is 14.0. The predicted octanol–water partition coefficient (Wildman–Crippen LogP) is 6.26. The number of aliphatic hydroxyl groups is 1. The number of nitrogens with zero attached hydrogens (tertiary/aromatic N) is 3. The van der Waals surface area contributed by atoms with Crippen molar-refractivity contribution in [3.8, 4) is 0 Å². The van der Waals surface area contributed by atoms with E-state index < -0.39 is 23.2 Å². The van der Waals surface area contributed by atoms with Gasteiger partial charge in [-0.3, -0.25) is 9.59 Å². The molecule has 3 saturated heterocycles. The molecule has 1 saturated carbocycles. The fraction of sp³-hybridized carbons (Fsp3) is 0.576. The van der Waals surface area contributed by atoms with Crippen LogP contribution in [-0.2, 0) is 10.4 Å². The first-order valence-corrected chi connectivity index (χ1v) is 15.9.